The summed E-state index contributed by atoms with van der Waals surface area (Å²) in [5.74, 6) is 1.28. The van der Waals surface area contributed by atoms with E-state index in [1.165, 1.54) is 26.4 Å². The molecule has 5 nitrogen and oxygen atoms in total. The Labute approximate surface area is 158 Å². The average Bonchev–Trinajstić information content (AvgIpc) is 3.20. The Hall–Kier alpha value is -2.12. The van der Waals surface area contributed by atoms with Gasteiger partial charge >= 0.3 is 6.61 Å². The van der Waals surface area contributed by atoms with Gasteiger partial charge in [0, 0.05) is 13.1 Å². The van der Waals surface area contributed by atoms with Crippen LogP contribution >= 0.6 is 0 Å². The van der Waals surface area contributed by atoms with E-state index in [0.717, 1.165) is 24.4 Å². The van der Waals surface area contributed by atoms with E-state index < -0.39 is 6.61 Å². The molecule has 0 radical (unpaired) electrons. The first-order chi connectivity index (χ1) is 13.2. The number of methoxy groups -OCH3 is 1. The molecule has 1 N–H and O–H groups in total. The number of benzene rings is 1. The topological polar surface area (TPSA) is 46.9 Å². The van der Waals surface area contributed by atoms with Gasteiger partial charge in [-0.1, -0.05) is 12.5 Å². The third kappa shape index (κ3) is 5.43. The van der Waals surface area contributed by atoms with Gasteiger partial charge in [-0.05, 0) is 55.8 Å². The number of alkyl halides is 2. The Bertz CT molecular complexity index is 689. The summed E-state index contributed by atoms with van der Waals surface area (Å²) in [6, 6.07) is 9.14. The van der Waals surface area contributed by atoms with E-state index >= 15 is 0 Å². The van der Waals surface area contributed by atoms with Gasteiger partial charge in [-0.2, -0.15) is 8.78 Å². The summed E-state index contributed by atoms with van der Waals surface area (Å²) < 4.78 is 40.4. The minimum absolute atomic E-state index is 0.0467. The molecule has 1 aliphatic heterocycles. The van der Waals surface area contributed by atoms with Gasteiger partial charge in [0.15, 0.2) is 11.5 Å². The van der Waals surface area contributed by atoms with E-state index in [1.54, 1.807) is 18.4 Å². The second kappa shape index (κ2) is 9.71. The largest absolute Gasteiger partial charge is 0.493 e. The van der Waals surface area contributed by atoms with E-state index in [-0.39, 0.29) is 11.8 Å². The summed E-state index contributed by atoms with van der Waals surface area (Å²) in [5.41, 5.74) is 0.850. The molecule has 0 spiro atoms. The van der Waals surface area contributed by atoms with Crippen LogP contribution in [-0.4, -0.2) is 38.3 Å². The van der Waals surface area contributed by atoms with Crippen molar-refractivity contribution < 1.29 is 22.7 Å². The van der Waals surface area contributed by atoms with Crippen LogP contribution in [0.4, 0.5) is 8.78 Å². The lowest BCUT2D eigenvalue weighted by Gasteiger charge is -2.33. The summed E-state index contributed by atoms with van der Waals surface area (Å²) in [7, 11) is 1.43. The number of hydrogen-bond acceptors (Lipinski definition) is 5. The number of halogens is 2. The highest BCUT2D eigenvalue weighted by atomic mass is 19.3. The molecule has 1 atom stereocenters. The molecule has 7 heteroatoms. The first-order valence-electron chi connectivity index (χ1n) is 9.27. The van der Waals surface area contributed by atoms with Gasteiger partial charge in [-0.25, -0.2) is 0 Å². The van der Waals surface area contributed by atoms with Crippen molar-refractivity contribution in [2.24, 2.45) is 0 Å². The normalized spacial score (nSPS) is 16.4. The van der Waals surface area contributed by atoms with Crippen molar-refractivity contribution in [2.75, 3.05) is 26.7 Å². The number of likely N-dealkylation sites (tertiary alicyclic amines) is 1. The Morgan fingerprint density at radius 1 is 1.15 bits per heavy atom. The van der Waals surface area contributed by atoms with Gasteiger partial charge in [0.25, 0.3) is 0 Å². The third-order valence-electron chi connectivity index (χ3n) is 4.81. The fraction of sp³-hybridized carbons (Fsp3) is 0.500. The lowest BCUT2D eigenvalue weighted by atomic mass is 10.1. The summed E-state index contributed by atoms with van der Waals surface area (Å²) in [4.78, 5) is 2.44. The molecule has 1 aliphatic rings. The van der Waals surface area contributed by atoms with Crippen molar-refractivity contribution in [3.8, 4) is 11.5 Å². The molecule has 1 aromatic heterocycles. The zero-order chi connectivity index (χ0) is 19.1. The number of nitrogens with one attached hydrogen (secondary N) is 1. The maximum atomic E-state index is 12.6. The summed E-state index contributed by atoms with van der Waals surface area (Å²) in [6.45, 7) is 0.480. The van der Waals surface area contributed by atoms with E-state index in [1.807, 2.05) is 18.2 Å². The van der Waals surface area contributed by atoms with Crippen LogP contribution < -0.4 is 14.8 Å². The molecule has 0 amide bonds. The van der Waals surface area contributed by atoms with Gasteiger partial charge in [-0.15, -0.1) is 0 Å². The average molecular weight is 380 g/mol. The highest BCUT2D eigenvalue weighted by Gasteiger charge is 2.24. The van der Waals surface area contributed by atoms with E-state index in [2.05, 4.69) is 15.0 Å². The lowest BCUT2D eigenvalue weighted by Crippen LogP contribution is -2.38. The molecular weight excluding hydrogens is 354 g/mol. The number of ether oxygens (including phenoxy) is 2. The first kappa shape index (κ1) is 19.6. The SMILES string of the molecule is COc1ccc(CNCC(c2ccco2)N2CCCCC2)cc1OC(F)F. The molecule has 0 aliphatic carbocycles. The van der Waals surface area contributed by atoms with Crippen LogP contribution in [0.5, 0.6) is 11.5 Å². The number of hydrogen-bond donors (Lipinski definition) is 1. The molecular formula is C20H26F2N2O3. The lowest BCUT2D eigenvalue weighted by molar-refractivity contribution is -0.0512. The van der Waals surface area contributed by atoms with Crippen molar-refractivity contribution >= 4 is 0 Å². The summed E-state index contributed by atoms with van der Waals surface area (Å²) in [5, 5.41) is 3.42. The Morgan fingerprint density at radius 2 is 1.96 bits per heavy atom. The molecule has 0 bridgehead atoms. The van der Waals surface area contributed by atoms with Gasteiger partial charge in [0.05, 0.1) is 19.4 Å². The number of nitrogens with zero attached hydrogens (tertiary/aromatic N) is 1. The second-order valence-corrected chi connectivity index (χ2v) is 6.62. The molecule has 27 heavy (non-hydrogen) atoms. The van der Waals surface area contributed by atoms with Crippen LogP contribution in [0.3, 0.4) is 0 Å². The minimum Gasteiger partial charge on any atom is -0.493 e. The maximum Gasteiger partial charge on any atom is 0.387 e. The minimum atomic E-state index is -2.88. The summed E-state index contributed by atoms with van der Waals surface area (Å²) in [6.07, 6.45) is 5.37. The van der Waals surface area contributed by atoms with E-state index in [9.17, 15) is 8.78 Å². The summed E-state index contributed by atoms with van der Waals surface area (Å²) >= 11 is 0. The Kier molecular flexibility index (Phi) is 7.06. The van der Waals surface area contributed by atoms with Crippen LogP contribution in [0.15, 0.2) is 41.0 Å². The smallest absolute Gasteiger partial charge is 0.387 e. The van der Waals surface area contributed by atoms with Gasteiger partial charge < -0.3 is 19.2 Å². The molecule has 3 rings (SSSR count). The highest BCUT2D eigenvalue weighted by molar-refractivity contribution is 5.43. The molecule has 1 fully saturated rings. The standard InChI is InChI=1S/C20H26F2N2O3/c1-25-18-8-7-15(12-19(18)27-20(21)22)13-23-14-16(17-6-5-11-26-17)24-9-3-2-4-10-24/h5-8,11-12,16,20,23H,2-4,9-10,13-14H2,1H3. The third-order valence-corrected chi connectivity index (χ3v) is 4.81. The van der Waals surface area contributed by atoms with Crippen LogP contribution in [0, 0.1) is 0 Å². The fourth-order valence-electron chi connectivity index (χ4n) is 3.49. The molecule has 148 valence electrons. The van der Waals surface area contributed by atoms with Crippen molar-refractivity contribution in [1.82, 2.24) is 10.2 Å². The number of furan rings is 1. The zero-order valence-electron chi connectivity index (χ0n) is 15.5. The fourth-order valence-corrected chi connectivity index (χ4v) is 3.49. The van der Waals surface area contributed by atoms with Gasteiger partial charge in [-0.3, -0.25) is 4.90 Å². The highest BCUT2D eigenvalue weighted by Crippen LogP contribution is 2.30. The first-order valence-corrected chi connectivity index (χ1v) is 9.27. The predicted molar refractivity (Wildman–Crippen MR) is 98.2 cm³/mol. The van der Waals surface area contributed by atoms with Gasteiger partial charge in [0.2, 0.25) is 0 Å². The van der Waals surface area contributed by atoms with Crippen molar-refractivity contribution in [3.63, 3.8) is 0 Å². The van der Waals surface area contributed by atoms with Crippen molar-refractivity contribution in [1.29, 1.82) is 0 Å². The number of rotatable bonds is 9. The molecule has 2 aromatic rings. The van der Waals surface area contributed by atoms with Gasteiger partial charge in [0.1, 0.15) is 5.76 Å². The maximum absolute atomic E-state index is 12.6. The van der Waals surface area contributed by atoms with Crippen LogP contribution in [0.1, 0.15) is 36.6 Å². The van der Waals surface area contributed by atoms with Crippen LogP contribution in [-0.2, 0) is 6.54 Å². The Morgan fingerprint density at radius 3 is 2.63 bits per heavy atom. The van der Waals surface area contributed by atoms with Crippen molar-refractivity contribution in [3.05, 3.63) is 47.9 Å². The molecule has 1 unspecified atom stereocenters. The molecule has 2 heterocycles. The van der Waals surface area contributed by atoms with Crippen LogP contribution in [0.25, 0.3) is 0 Å². The van der Waals surface area contributed by atoms with Crippen LogP contribution in [0.2, 0.25) is 0 Å². The van der Waals surface area contributed by atoms with E-state index in [0.29, 0.717) is 18.8 Å². The monoisotopic (exact) mass is 380 g/mol. The number of piperidine rings is 1. The quantitative estimate of drug-likeness (QED) is 0.706. The predicted octanol–water partition coefficient (Wildman–Crippen LogP) is 4.21. The van der Waals surface area contributed by atoms with Crippen molar-refractivity contribution in [2.45, 2.75) is 38.5 Å². The second-order valence-electron chi connectivity index (χ2n) is 6.62. The zero-order valence-corrected chi connectivity index (χ0v) is 15.5. The Balaban J connectivity index is 1.62. The molecule has 1 aromatic carbocycles. The molecule has 0 saturated carbocycles. The van der Waals surface area contributed by atoms with E-state index in [4.69, 9.17) is 9.15 Å². The molecule has 1 saturated heterocycles.